The molecule has 1 N–H and O–H groups in total. The van der Waals surface area contributed by atoms with Crippen molar-refractivity contribution in [1.82, 2.24) is 4.57 Å². The van der Waals surface area contributed by atoms with Gasteiger partial charge in [-0.05, 0) is 62.9 Å². The molecular weight excluding hydrogens is 344 g/mol. The van der Waals surface area contributed by atoms with Crippen LogP contribution in [0.3, 0.4) is 0 Å². The van der Waals surface area contributed by atoms with E-state index >= 15 is 0 Å². The molecule has 6 heteroatoms. The van der Waals surface area contributed by atoms with E-state index < -0.39 is 23.3 Å². The van der Waals surface area contributed by atoms with E-state index in [9.17, 15) is 20.0 Å². The number of hydrogen-bond acceptors (Lipinski definition) is 5. The second kappa shape index (κ2) is 8.09. The van der Waals surface area contributed by atoms with Crippen molar-refractivity contribution < 1.29 is 14.6 Å². The molecule has 0 radical (unpaired) electrons. The highest BCUT2D eigenvalue weighted by atomic mass is 16.5. The fourth-order valence-corrected chi connectivity index (χ4v) is 2.93. The summed E-state index contributed by atoms with van der Waals surface area (Å²) in [5.41, 5.74) is 1.55. The van der Waals surface area contributed by atoms with Crippen LogP contribution in [0.2, 0.25) is 0 Å². The Morgan fingerprint density at radius 1 is 1.30 bits per heavy atom. The summed E-state index contributed by atoms with van der Waals surface area (Å²) in [4.78, 5) is 25.3. The highest BCUT2D eigenvalue weighted by molar-refractivity contribution is 6.03. The number of Topliss-reactive ketones (excluding diaryl/α,β-unsaturated/α-hetero) is 1. The maximum absolute atomic E-state index is 13.0. The molecular formula is C21H24N2O4. The summed E-state index contributed by atoms with van der Waals surface area (Å²) in [6.45, 7) is 9.06. The maximum Gasteiger partial charge on any atom is 0.271 e. The largest absolute Gasteiger partial charge is 0.494 e. The molecule has 2 aromatic rings. The first-order valence-corrected chi connectivity index (χ1v) is 8.87. The monoisotopic (exact) mass is 368 g/mol. The van der Waals surface area contributed by atoms with E-state index in [4.69, 9.17) is 4.74 Å². The Hall–Kier alpha value is -3.07. The van der Waals surface area contributed by atoms with Crippen LogP contribution in [0.25, 0.3) is 0 Å². The van der Waals surface area contributed by atoms with Gasteiger partial charge in [0.15, 0.2) is 6.10 Å². The van der Waals surface area contributed by atoms with Crippen molar-refractivity contribution in [3.63, 3.8) is 0 Å². The number of nitriles is 1. The van der Waals surface area contributed by atoms with Gasteiger partial charge in [-0.2, -0.15) is 5.26 Å². The molecule has 0 amide bonds. The number of aromatic nitrogens is 1. The average Bonchev–Trinajstić information content (AvgIpc) is 2.62. The number of carbonyl (C=O) groups excluding carboxylic acids is 1. The van der Waals surface area contributed by atoms with Crippen molar-refractivity contribution in [3.05, 3.63) is 56.4 Å². The number of benzene rings is 1. The second-order valence-corrected chi connectivity index (χ2v) is 6.64. The number of carbonyl (C=O) groups is 1. The predicted molar refractivity (Wildman–Crippen MR) is 102 cm³/mol. The van der Waals surface area contributed by atoms with Crippen LogP contribution in [0.1, 0.15) is 52.9 Å². The fraction of sp³-hybridized carbons (Fsp3) is 0.381. The number of ether oxygens (including phenoxy) is 1. The molecule has 27 heavy (non-hydrogen) atoms. The topological polar surface area (TPSA) is 92.3 Å². The molecule has 1 heterocycles. The van der Waals surface area contributed by atoms with Gasteiger partial charge in [0.2, 0.25) is 11.7 Å². The minimum atomic E-state index is -0.893. The molecule has 0 bridgehead atoms. The molecule has 1 aromatic heterocycles. The van der Waals surface area contributed by atoms with Gasteiger partial charge in [0.25, 0.3) is 5.56 Å². The highest BCUT2D eigenvalue weighted by Crippen LogP contribution is 2.25. The number of rotatable bonds is 6. The number of hydrogen-bond donors (Lipinski definition) is 1. The number of pyridine rings is 1. The first kappa shape index (κ1) is 20.2. The van der Waals surface area contributed by atoms with Crippen LogP contribution < -0.4 is 10.3 Å². The third-order valence-electron chi connectivity index (χ3n) is 4.65. The molecule has 0 aliphatic carbocycles. The van der Waals surface area contributed by atoms with E-state index in [1.807, 2.05) is 39.0 Å². The van der Waals surface area contributed by atoms with E-state index in [0.717, 1.165) is 15.7 Å². The Morgan fingerprint density at radius 2 is 1.96 bits per heavy atom. The molecule has 0 spiro atoms. The lowest BCUT2D eigenvalue weighted by molar-refractivity contribution is 0.0812. The molecule has 1 atom stereocenters. The minimum absolute atomic E-state index is 0.0454. The van der Waals surface area contributed by atoms with Crippen LogP contribution in [0.15, 0.2) is 23.0 Å². The summed E-state index contributed by atoms with van der Waals surface area (Å²) in [5, 5.41) is 19.9. The third-order valence-corrected chi connectivity index (χ3v) is 4.65. The van der Waals surface area contributed by atoms with Gasteiger partial charge in [-0.25, -0.2) is 0 Å². The van der Waals surface area contributed by atoms with Gasteiger partial charge >= 0.3 is 0 Å². The minimum Gasteiger partial charge on any atom is -0.494 e. The Balaban J connectivity index is 2.48. The summed E-state index contributed by atoms with van der Waals surface area (Å²) in [5.74, 6) is -0.359. The standard InChI is InChI=1S/C21H24N2O4/c1-6-9-23-20(25)17(11-22)14(4)18(21(23)26)19(24)15(5)27-16-8-7-12(2)13(3)10-16/h7-8,10,15,26H,6,9H2,1-5H3. The lowest BCUT2D eigenvalue weighted by Crippen LogP contribution is -2.30. The lowest BCUT2D eigenvalue weighted by Gasteiger charge is -2.19. The van der Waals surface area contributed by atoms with Gasteiger partial charge in [0, 0.05) is 6.54 Å². The van der Waals surface area contributed by atoms with Crippen LogP contribution in [-0.2, 0) is 6.54 Å². The van der Waals surface area contributed by atoms with E-state index in [1.54, 1.807) is 13.0 Å². The fourth-order valence-electron chi connectivity index (χ4n) is 2.93. The van der Waals surface area contributed by atoms with E-state index in [0.29, 0.717) is 12.2 Å². The normalized spacial score (nSPS) is 11.7. The molecule has 0 fully saturated rings. The summed E-state index contributed by atoms with van der Waals surface area (Å²) in [7, 11) is 0. The Kier molecular flexibility index (Phi) is 6.06. The van der Waals surface area contributed by atoms with Crippen LogP contribution in [0, 0.1) is 32.1 Å². The van der Waals surface area contributed by atoms with Gasteiger partial charge in [-0.3, -0.25) is 14.2 Å². The smallest absolute Gasteiger partial charge is 0.271 e. The molecule has 0 aliphatic rings. The molecule has 2 rings (SSSR count). The summed E-state index contributed by atoms with van der Waals surface area (Å²) in [6.07, 6.45) is -0.320. The van der Waals surface area contributed by atoms with E-state index in [-0.39, 0.29) is 23.2 Å². The van der Waals surface area contributed by atoms with Crippen molar-refractivity contribution in [2.45, 2.75) is 53.7 Å². The molecule has 1 unspecified atom stereocenters. The molecule has 0 aliphatic heterocycles. The quantitative estimate of drug-likeness (QED) is 0.789. The number of aryl methyl sites for hydroxylation is 2. The maximum atomic E-state index is 13.0. The Morgan fingerprint density at radius 3 is 2.52 bits per heavy atom. The summed E-state index contributed by atoms with van der Waals surface area (Å²) in [6, 6.07) is 7.37. The lowest BCUT2D eigenvalue weighted by atomic mass is 9.99. The van der Waals surface area contributed by atoms with Gasteiger partial charge in [0.1, 0.15) is 17.4 Å². The predicted octanol–water partition coefficient (Wildman–Crippen LogP) is 3.41. The van der Waals surface area contributed by atoms with Crippen molar-refractivity contribution in [2.75, 3.05) is 0 Å². The number of nitrogens with zero attached hydrogens (tertiary/aromatic N) is 2. The van der Waals surface area contributed by atoms with Crippen molar-refractivity contribution >= 4 is 5.78 Å². The summed E-state index contributed by atoms with van der Waals surface area (Å²) < 4.78 is 6.82. The average molecular weight is 368 g/mol. The first-order valence-electron chi connectivity index (χ1n) is 8.87. The zero-order valence-corrected chi connectivity index (χ0v) is 16.3. The zero-order chi connectivity index (χ0) is 20.3. The molecule has 1 aromatic carbocycles. The number of ketones is 1. The van der Waals surface area contributed by atoms with E-state index in [2.05, 4.69) is 0 Å². The van der Waals surface area contributed by atoms with Crippen LogP contribution in [0.4, 0.5) is 0 Å². The molecule has 6 nitrogen and oxygen atoms in total. The van der Waals surface area contributed by atoms with Gasteiger partial charge < -0.3 is 9.84 Å². The van der Waals surface area contributed by atoms with Crippen molar-refractivity contribution in [3.8, 4) is 17.7 Å². The number of aromatic hydroxyl groups is 1. The summed E-state index contributed by atoms with van der Waals surface area (Å²) >= 11 is 0. The Bertz CT molecular complexity index is 983. The van der Waals surface area contributed by atoms with Crippen LogP contribution in [-0.4, -0.2) is 21.6 Å². The third kappa shape index (κ3) is 3.87. The molecule has 0 saturated heterocycles. The van der Waals surface area contributed by atoms with Gasteiger partial charge in [0.05, 0.1) is 5.56 Å². The molecule has 142 valence electrons. The zero-order valence-electron chi connectivity index (χ0n) is 16.3. The second-order valence-electron chi connectivity index (χ2n) is 6.64. The van der Waals surface area contributed by atoms with Crippen molar-refractivity contribution in [1.29, 1.82) is 5.26 Å². The van der Waals surface area contributed by atoms with Gasteiger partial charge in [-0.1, -0.05) is 13.0 Å². The van der Waals surface area contributed by atoms with E-state index in [1.165, 1.54) is 6.92 Å². The van der Waals surface area contributed by atoms with Crippen LogP contribution in [0.5, 0.6) is 11.6 Å². The Labute approximate surface area is 158 Å². The highest BCUT2D eigenvalue weighted by Gasteiger charge is 2.28. The SMILES string of the molecule is CCCn1c(O)c(C(=O)C(C)Oc2ccc(C)c(C)c2)c(C)c(C#N)c1=O. The van der Waals surface area contributed by atoms with Crippen LogP contribution >= 0.6 is 0 Å². The van der Waals surface area contributed by atoms with Gasteiger partial charge in [-0.15, -0.1) is 0 Å². The van der Waals surface area contributed by atoms with Crippen molar-refractivity contribution in [2.24, 2.45) is 0 Å². The first-order chi connectivity index (χ1) is 12.7. The molecule has 0 saturated carbocycles.